The molecule has 12 nitrogen and oxygen atoms in total. The highest BCUT2D eigenvalue weighted by molar-refractivity contribution is 5.98. The van der Waals surface area contributed by atoms with Crippen molar-refractivity contribution < 1.29 is 28.7 Å². The van der Waals surface area contributed by atoms with Crippen LogP contribution in [0.4, 0.5) is 5.82 Å². The zero-order valence-corrected chi connectivity index (χ0v) is 21.3. The van der Waals surface area contributed by atoms with E-state index in [1.54, 1.807) is 0 Å². The number of likely N-dealkylation sites (tertiary alicyclic amines) is 1. The van der Waals surface area contributed by atoms with Gasteiger partial charge in [-0.2, -0.15) is 0 Å². The number of hydrogen-bond donors (Lipinski definition) is 3. The maximum absolute atomic E-state index is 13.0. The predicted octanol–water partition coefficient (Wildman–Crippen LogP) is 0.425. The average molecular weight is 515 g/mol. The van der Waals surface area contributed by atoms with Gasteiger partial charge in [0.05, 0.1) is 32.2 Å². The third-order valence-corrected chi connectivity index (χ3v) is 5.85. The lowest BCUT2D eigenvalue weighted by Crippen LogP contribution is -2.56. The number of aromatic nitrogens is 2. The molecule has 37 heavy (non-hydrogen) atoms. The summed E-state index contributed by atoms with van der Waals surface area (Å²) in [5.41, 5.74) is 5.60. The third-order valence-electron chi connectivity index (χ3n) is 5.85. The molecule has 1 aliphatic rings. The molecule has 3 amide bonds. The SMILES string of the molecule is COC(=O)[C@@H]1CCCN1C(=O)Cn1cnc(NC(=O)[C@@H](COCc2ccccc2)NC(=O)C(C)(C)N)c1. The molecule has 200 valence electrons. The molecule has 0 aliphatic carbocycles. The summed E-state index contributed by atoms with van der Waals surface area (Å²) in [6.07, 6.45) is 4.17. The first-order chi connectivity index (χ1) is 17.6. The molecular formula is C25H34N6O6. The van der Waals surface area contributed by atoms with Crippen LogP contribution in [-0.2, 0) is 41.8 Å². The highest BCUT2D eigenvalue weighted by Gasteiger charge is 2.35. The van der Waals surface area contributed by atoms with Gasteiger partial charge in [-0.1, -0.05) is 30.3 Å². The standard InChI is InChI=1S/C25H34N6O6/c1-25(2,26)24(35)28-18(15-37-14-17-8-5-4-6-9-17)22(33)29-20-12-30(16-27-20)13-21(32)31-11-7-10-19(31)23(34)36-3/h4-6,8-9,12,16,18-19H,7,10-11,13-15,26H2,1-3H3,(H,28,35)(H,29,33)/t18-,19+/m1/s1. The van der Waals surface area contributed by atoms with Crippen LogP contribution in [0.1, 0.15) is 32.3 Å². The van der Waals surface area contributed by atoms with Gasteiger partial charge in [0.2, 0.25) is 11.8 Å². The Bertz CT molecular complexity index is 1100. The Balaban J connectivity index is 1.61. The minimum absolute atomic E-state index is 0.0575. The highest BCUT2D eigenvalue weighted by Crippen LogP contribution is 2.19. The second-order valence-electron chi connectivity index (χ2n) is 9.44. The van der Waals surface area contributed by atoms with E-state index in [1.165, 1.54) is 42.9 Å². The molecule has 1 aromatic carbocycles. The number of hydrogen-bond acceptors (Lipinski definition) is 8. The number of carbonyl (C=O) groups excluding carboxylic acids is 4. The topological polar surface area (TPSA) is 158 Å². The molecule has 0 saturated carbocycles. The Morgan fingerprint density at radius 1 is 1.22 bits per heavy atom. The highest BCUT2D eigenvalue weighted by atomic mass is 16.5. The van der Waals surface area contributed by atoms with Crippen molar-refractivity contribution in [2.75, 3.05) is 25.6 Å². The summed E-state index contributed by atoms with van der Waals surface area (Å²) in [5.74, 6) is -1.57. The maximum atomic E-state index is 13.0. The fourth-order valence-corrected chi connectivity index (χ4v) is 3.81. The van der Waals surface area contributed by atoms with Crippen molar-refractivity contribution in [2.45, 2.75) is 57.5 Å². The molecule has 3 rings (SSSR count). The van der Waals surface area contributed by atoms with Crippen LogP contribution in [0.5, 0.6) is 0 Å². The van der Waals surface area contributed by atoms with Crippen LogP contribution >= 0.6 is 0 Å². The number of anilines is 1. The van der Waals surface area contributed by atoms with Crippen molar-refractivity contribution in [3.8, 4) is 0 Å². The molecule has 2 heterocycles. The van der Waals surface area contributed by atoms with Crippen LogP contribution in [0.15, 0.2) is 42.9 Å². The number of methoxy groups -OCH3 is 1. The van der Waals surface area contributed by atoms with Crippen LogP contribution in [0.25, 0.3) is 0 Å². The van der Waals surface area contributed by atoms with Crippen LogP contribution < -0.4 is 16.4 Å². The van der Waals surface area contributed by atoms with Crippen LogP contribution in [-0.4, -0.2) is 76.0 Å². The van der Waals surface area contributed by atoms with Gasteiger partial charge in [-0.15, -0.1) is 0 Å². The second kappa shape index (κ2) is 12.5. The minimum Gasteiger partial charge on any atom is -0.467 e. The first-order valence-corrected chi connectivity index (χ1v) is 12.0. The Morgan fingerprint density at radius 3 is 2.62 bits per heavy atom. The Labute approximate surface area is 215 Å². The normalized spacial score (nSPS) is 16.2. The van der Waals surface area contributed by atoms with Crippen molar-refractivity contribution in [2.24, 2.45) is 5.73 Å². The van der Waals surface area contributed by atoms with E-state index in [0.717, 1.165) is 12.0 Å². The number of carbonyl (C=O) groups is 4. The lowest BCUT2D eigenvalue weighted by molar-refractivity contribution is -0.151. The fourth-order valence-electron chi connectivity index (χ4n) is 3.81. The van der Waals surface area contributed by atoms with E-state index in [0.29, 0.717) is 13.0 Å². The van der Waals surface area contributed by atoms with Gasteiger partial charge in [0, 0.05) is 12.7 Å². The maximum Gasteiger partial charge on any atom is 0.328 e. The van der Waals surface area contributed by atoms with Gasteiger partial charge < -0.3 is 35.3 Å². The zero-order valence-electron chi connectivity index (χ0n) is 21.3. The van der Waals surface area contributed by atoms with Crippen LogP contribution in [0.3, 0.4) is 0 Å². The van der Waals surface area contributed by atoms with Gasteiger partial charge in [-0.05, 0) is 32.3 Å². The number of nitrogens with two attached hydrogens (primary N) is 1. The summed E-state index contributed by atoms with van der Waals surface area (Å²) < 4.78 is 12.0. The van der Waals surface area contributed by atoms with E-state index in [9.17, 15) is 19.2 Å². The average Bonchev–Trinajstić information content (AvgIpc) is 3.52. The molecule has 0 unspecified atom stereocenters. The quantitative estimate of drug-likeness (QED) is 0.364. The van der Waals surface area contributed by atoms with Crippen molar-refractivity contribution in [1.29, 1.82) is 0 Å². The molecule has 0 spiro atoms. The van der Waals surface area contributed by atoms with E-state index in [1.807, 2.05) is 30.3 Å². The van der Waals surface area contributed by atoms with E-state index >= 15 is 0 Å². The second-order valence-corrected chi connectivity index (χ2v) is 9.44. The Kier molecular flexibility index (Phi) is 9.36. The number of imidazole rings is 1. The molecular weight excluding hydrogens is 480 g/mol. The van der Waals surface area contributed by atoms with Gasteiger partial charge in [-0.25, -0.2) is 9.78 Å². The summed E-state index contributed by atoms with van der Waals surface area (Å²) >= 11 is 0. The van der Waals surface area contributed by atoms with Crippen molar-refractivity contribution in [3.63, 3.8) is 0 Å². The van der Waals surface area contributed by atoms with Gasteiger partial charge in [-0.3, -0.25) is 14.4 Å². The molecule has 2 aromatic rings. The molecule has 2 atom stereocenters. The largest absolute Gasteiger partial charge is 0.467 e. The van der Waals surface area contributed by atoms with Gasteiger partial charge in [0.15, 0.2) is 5.82 Å². The molecule has 12 heteroatoms. The first kappa shape index (κ1) is 27.8. The molecule has 4 N–H and O–H groups in total. The summed E-state index contributed by atoms with van der Waals surface area (Å²) in [4.78, 5) is 55.7. The molecule has 1 fully saturated rings. The van der Waals surface area contributed by atoms with Crippen LogP contribution in [0.2, 0.25) is 0 Å². The van der Waals surface area contributed by atoms with Crippen molar-refractivity contribution in [3.05, 3.63) is 48.4 Å². The summed E-state index contributed by atoms with van der Waals surface area (Å²) in [6.45, 7) is 3.65. The monoisotopic (exact) mass is 514 g/mol. The zero-order chi connectivity index (χ0) is 27.0. The fraction of sp³-hybridized carbons (Fsp3) is 0.480. The molecule has 1 saturated heterocycles. The lowest BCUT2D eigenvalue weighted by Gasteiger charge is -2.23. The van der Waals surface area contributed by atoms with E-state index in [4.69, 9.17) is 15.2 Å². The number of nitrogens with one attached hydrogen (secondary N) is 2. The van der Waals surface area contributed by atoms with E-state index in [2.05, 4.69) is 15.6 Å². The number of esters is 1. The molecule has 1 aromatic heterocycles. The summed E-state index contributed by atoms with van der Waals surface area (Å²) in [6, 6.07) is 7.80. The van der Waals surface area contributed by atoms with E-state index in [-0.39, 0.29) is 31.5 Å². The first-order valence-electron chi connectivity index (χ1n) is 12.0. The minimum atomic E-state index is -1.20. The summed E-state index contributed by atoms with van der Waals surface area (Å²) in [7, 11) is 1.30. The Hall–Kier alpha value is -3.77. The van der Waals surface area contributed by atoms with Crippen LogP contribution in [0, 0.1) is 0 Å². The summed E-state index contributed by atoms with van der Waals surface area (Å²) in [5, 5.41) is 5.26. The van der Waals surface area contributed by atoms with Gasteiger partial charge >= 0.3 is 5.97 Å². The van der Waals surface area contributed by atoms with Crippen molar-refractivity contribution >= 4 is 29.5 Å². The smallest absolute Gasteiger partial charge is 0.328 e. The molecule has 1 aliphatic heterocycles. The van der Waals surface area contributed by atoms with Crippen molar-refractivity contribution in [1.82, 2.24) is 19.8 Å². The molecule has 0 radical (unpaired) electrons. The molecule has 0 bridgehead atoms. The third kappa shape index (κ3) is 7.86. The van der Waals surface area contributed by atoms with Gasteiger partial charge in [0.1, 0.15) is 18.6 Å². The number of rotatable bonds is 11. The number of ether oxygens (including phenoxy) is 2. The number of benzene rings is 1. The number of amides is 3. The van der Waals surface area contributed by atoms with Gasteiger partial charge in [0.25, 0.3) is 5.91 Å². The Morgan fingerprint density at radius 2 is 1.95 bits per heavy atom. The predicted molar refractivity (Wildman–Crippen MR) is 134 cm³/mol. The lowest BCUT2D eigenvalue weighted by atomic mass is 10.1. The van der Waals surface area contributed by atoms with E-state index < -0.39 is 35.4 Å². The number of nitrogens with zero attached hydrogens (tertiary/aromatic N) is 3.